The van der Waals surface area contributed by atoms with Crippen molar-refractivity contribution in [2.24, 2.45) is 0 Å². The van der Waals surface area contributed by atoms with E-state index in [9.17, 15) is 10.1 Å². The lowest BCUT2D eigenvalue weighted by Gasteiger charge is -2.08. The van der Waals surface area contributed by atoms with Gasteiger partial charge in [-0.05, 0) is 42.0 Å². The van der Waals surface area contributed by atoms with Gasteiger partial charge in [-0.3, -0.25) is 4.79 Å². The summed E-state index contributed by atoms with van der Waals surface area (Å²) in [5.41, 5.74) is 9.04. The van der Waals surface area contributed by atoms with E-state index in [1.165, 1.54) is 4.68 Å². The van der Waals surface area contributed by atoms with Crippen LogP contribution in [0, 0.1) is 11.3 Å². The number of anilines is 2. The first-order valence-electron chi connectivity index (χ1n) is 10.0. The lowest BCUT2D eigenvalue weighted by Crippen LogP contribution is -2.15. The van der Waals surface area contributed by atoms with Crippen LogP contribution >= 0.6 is 0 Å². The number of nitrogens with zero attached hydrogens (tertiary/aromatic N) is 3. The van der Waals surface area contributed by atoms with E-state index in [1.807, 2.05) is 60.7 Å². The maximum absolute atomic E-state index is 12.6. The molecule has 0 bridgehead atoms. The molecule has 0 aliphatic rings. The molecule has 0 aliphatic carbocycles. The highest BCUT2D eigenvalue weighted by molar-refractivity contribution is 5.92. The van der Waals surface area contributed by atoms with E-state index in [1.54, 1.807) is 24.3 Å². The third kappa shape index (κ3) is 4.77. The first kappa shape index (κ1) is 20.7. The summed E-state index contributed by atoms with van der Waals surface area (Å²) < 4.78 is 7.23. The van der Waals surface area contributed by atoms with Crippen LogP contribution in [0.3, 0.4) is 0 Å². The maximum Gasteiger partial charge on any atom is 0.230 e. The molecule has 7 nitrogen and oxygen atoms in total. The number of nitriles is 1. The normalized spacial score (nSPS) is 10.3. The fourth-order valence-electron chi connectivity index (χ4n) is 3.22. The van der Waals surface area contributed by atoms with Crippen molar-refractivity contribution in [3.05, 3.63) is 102 Å². The van der Waals surface area contributed by atoms with E-state index >= 15 is 0 Å². The number of hydrogen-bond donors (Lipinski definition) is 2. The van der Waals surface area contributed by atoms with Crippen molar-refractivity contribution in [2.75, 3.05) is 11.1 Å². The van der Waals surface area contributed by atoms with Crippen LogP contribution in [0.5, 0.6) is 5.75 Å². The van der Waals surface area contributed by atoms with Gasteiger partial charge in [0.2, 0.25) is 5.91 Å². The van der Waals surface area contributed by atoms with Gasteiger partial charge in [0.25, 0.3) is 0 Å². The minimum Gasteiger partial charge on any atom is -0.489 e. The molecule has 0 aliphatic heterocycles. The number of carbonyl (C=O) groups excluding carboxylic acids is 1. The molecule has 0 atom stereocenters. The molecule has 32 heavy (non-hydrogen) atoms. The van der Waals surface area contributed by atoms with E-state index in [0.717, 1.165) is 11.3 Å². The van der Waals surface area contributed by atoms with E-state index in [4.69, 9.17) is 10.5 Å². The quantitative estimate of drug-likeness (QED) is 0.466. The van der Waals surface area contributed by atoms with Crippen LogP contribution < -0.4 is 15.8 Å². The molecular formula is C25H21N5O2. The van der Waals surface area contributed by atoms with Gasteiger partial charge in [-0.15, -0.1) is 0 Å². The first-order valence-corrected chi connectivity index (χ1v) is 10.0. The molecule has 4 aromatic rings. The molecule has 0 saturated carbocycles. The standard InChI is InChI=1S/C25H21N5O2/c26-16-22-23(29-30(25(22)27)20-9-5-2-6-10-20)15-24(31)28-19-11-13-21(14-12-19)32-17-18-7-3-1-4-8-18/h1-14H,15,17,27H2,(H,28,31). The maximum atomic E-state index is 12.6. The molecule has 0 radical (unpaired) electrons. The molecule has 7 heteroatoms. The number of nitrogens with one attached hydrogen (secondary N) is 1. The molecule has 3 N–H and O–H groups in total. The fraction of sp³-hybridized carbons (Fsp3) is 0.0800. The molecule has 4 rings (SSSR count). The average molecular weight is 423 g/mol. The second kappa shape index (κ2) is 9.49. The van der Waals surface area contributed by atoms with Crippen LogP contribution in [0.1, 0.15) is 16.8 Å². The van der Waals surface area contributed by atoms with E-state index in [0.29, 0.717) is 23.7 Å². The number of benzene rings is 3. The lowest BCUT2D eigenvalue weighted by atomic mass is 10.2. The molecule has 1 amide bonds. The summed E-state index contributed by atoms with van der Waals surface area (Å²) in [5, 5.41) is 16.7. The Labute approximate surface area is 185 Å². The van der Waals surface area contributed by atoms with Gasteiger partial charge >= 0.3 is 0 Å². The van der Waals surface area contributed by atoms with Crippen molar-refractivity contribution < 1.29 is 9.53 Å². The van der Waals surface area contributed by atoms with E-state index in [2.05, 4.69) is 16.5 Å². The largest absolute Gasteiger partial charge is 0.489 e. The zero-order valence-corrected chi connectivity index (χ0v) is 17.2. The monoisotopic (exact) mass is 423 g/mol. The summed E-state index contributed by atoms with van der Waals surface area (Å²) in [6.45, 7) is 0.467. The van der Waals surface area contributed by atoms with Crippen molar-refractivity contribution in [1.29, 1.82) is 5.26 Å². The number of amides is 1. The van der Waals surface area contributed by atoms with Crippen molar-refractivity contribution in [2.45, 2.75) is 13.0 Å². The minimum atomic E-state index is -0.294. The van der Waals surface area contributed by atoms with Gasteiger partial charge < -0.3 is 15.8 Å². The van der Waals surface area contributed by atoms with Gasteiger partial charge in [0, 0.05) is 5.69 Å². The van der Waals surface area contributed by atoms with Crippen molar-refractivity contribution in [3.8, 4) is 17.5 Å². The Morgan fingerprint density at radius 3 is 2.31 bits per heavy atom. The number of hydrogen-bond acceptors (Lipinski definition) is 5. The van der Waals surface area contributed by atoms with Gasteiger partial charge in [0.1, 0.15) is 29.8 Å². The molecule has 0 spiro atoms. The van der Waals surface area contributed by atoms with Gasteiger partial charge in [0.15, 0.2) is 0 Å². The number of rotatable bonds is 7. The smallest absolute Gasteiger partial charge is 0.230 e. The Hall–Kier alpha value is -4.57. The van der Waals surface area contributed by atoms with Gasteiger partial charge in [-0.25, -0.2) is 4.68 Å². The van der Waals surface area contributed by atoms with Crippen LogP contribution in [-0.4, -0.2) is 15.7 Å². The molecule has 3 aromatic carbocycles. The van der Waals surface area contributed by atoms with E-state index < -0.39 is 0 Å². The number of aromatic nitrogens is 2. The molecule has 0 saturated heterocycles. The highest BCUT2D eigenvalue weighted by Gasteiger charge is 2.19. The highest BCUT2D eigenvalue weighted by Crippen LogP contribution is 2.22. The van der Waals surface area contributed by atoms with Crippen LogP contribution in [0.15, 0.2) is 84.9 Å². The molecule has 1 aromatic heterocycles. The lowest BCUT2D eigenvalue weighted by molar-refractivity contribution is -0.115. The SMILES string of the molecule is N#Cc1c(CC(=O)Nc2ccc(OCc3ccccc3)cc2)nn(-c2ccccc2)c1N. The summed E-state index contributed by atoms with van der Waals surface area (Å²) in [6.07, 6.45) is -0.0703. The average Bonchev–Trinajstić information content (AvgIpc) is 3.14. The summed E-state index contributed by atoms with van der Waals surface area (Å²) in [7, 11) is 0. The number of para-hydroxylation sites is 1. The molecular weight excluding hydrogens is 402 g/mol. The Morgan fingerprint density at radius 2 is 1.66 bits per heavy atom. The Bertz CT molecular complexity index is 1240. The van der Waals surface area contributed by atoms with Crippen LogP contribution in [0.2, 0.25) is 0 Å². The zero-order valence-electron chi connectivity index (χ0n) is 17.2. The van der Waals surface area contributed by atoms with Crippen molar-refractivity contribution in [3.63, 3.8) is 0 Å². The predicted molar refractivity (Wildman–Crippen MR) is 122 cm³/mol. The van der Waals surface area contributed by atoms with Crippen molar-refractivity contribution >= 4 is 17.4 Å². The van der Waals surface area contributed by atoms with Gasteiger partial charge in [0.05, 0.1) is 17.8 Å². The van der Waals surface area contributed by atoms with Crippen LogP contribution in [0.4, 0.5) is 11.5 Å². The summed E-state index contributed by atoms with van der Waals surface area (Å²) in [5.74, 6) is 0.617. The molecule has 1 heterocycles. The third-order valence-corrected chi connectivity index (χ3v) is 4.82. The Morgan fingerprint density at radius 1 is 1.00 bits per heavy atom. The second-order valence-electron chi connectivity index (χ2n) is 7.09. The number of carbonyl (C=O) groups is 1. The number of nitrogen functional groups attached to an aromatic ring is 1. The topological polar surface area (TPSA) is 106 Å². The molecule has 0 unspecified atom stereocenters. The number of ether oxygens (including phenoxy) is 1. The molecule has 158 valence electrons. The summed E-state index contributed by atoms with van der Waals surface area (Å²) in [6, 6.07) is 28.3. The summed E-state index contributed by atoms with van der Waals surface area (Å²) >= 11 is 0. The Kier molecular flexibility index (Phi) is 6.14. The van der Waals surface area contributed by atoms with E-state index in [-0.39, 0.29) is 23.7 Å². The highest BCUT2D eigenvalue weighted by atomic mass is 16.5. The predicted octanol–water partition coefficient (Wildman–Crippen LogP) is 4.09. The third-order valence-electron chi connectivity index (χ3n) is 4.82. The fourth-order valence-corrected chi connectivity index (χ4v) is 3.22. The van der Waals surface area contributed by atoms with Gasteiger partial charge in [-0.2, -0.15) is 10.4 Å². The van der Waals surface area contributed by atoms with Gasteiger partial charge in [-0.1, -0.05) is 48.5 Å². The zero-order chi connectivity index (χ0) is 22.3. The first-order chi connectivity index (χ1) is 15.6. The van der Waals surface area contributed by atoms with Crippen molar-refractivity contribution in [1.82, 2.24) is 9.78 Å². The molecule has 0 fully saturated rings. The summed E-state index contributed by atoms with van der Waals surface area (Å²) in [4.78, 5) is 12.6. The second-order valence-corrected chi connectivity index (χ2v) is 7.09. The minimum absolute atomic E-state index is 0.0703. The number of nitrogens with two attached hydrogens (primary N) is 1. The van der Waals surface area contributed by atoms with Crippen LogP contribution in [-0.2, 0) is 17.8 Å². The van der Waals surface area contributed by atoms with Crippen LogP contribution in [0.25, 0.3) is 5.69 Å². The Balaban J connectivity index is 1.40.